The minimum atomic E-state index is -0.819. The average Bonchev–Trinajstić information content (AvgIpc) is 2.25. The SMILES string of the molecule is N#CCNC(=O)C(=O)Nc1cccc(I)c1. The fourth-order valence-corrected chi connectivity index (χ4v) is 1.50. The zero-order valence-corrected chi connectivity index (χ0v) is 10.3. The molecule has 0 aliphatic rings. The van der Waals surface area contributed by atoms with E-state index in [1.54, 1.807) is 24.3 Å². The number of nitrogens with zero attached hydrogens (tertiary/aromatic N) is 1. The Morgan fingerprint density at radius 1 is 1.38 bits per heavy atom. The van der Waals surface area contributed by atoms with Crippen LogP contribution in [0.2, 0.25) is 0 Å². The van der Waals surface area contributed by atoms with Crippen molar-refractivity contribution in [2.45, 2.75) is 0 Å². The standard InChI is InChI=1S/C10H8IN3O2/c11-7-2-1-3-8(6-7)14-10(16)9(15)13-5-4-12/h1-3,6H,5H2,(H,13,15)(H,14,16). The third-order valence-corrected chi connectivity index (χ3v) is 2.29. The van der Waals surface area contributed by atoms with Gasteiger partial charge in [-0.2, -0.15) is 5.26 Å². The van der Waals surface area contributed by atoms with Gasteiger partial charge in [0.15, 0.2) is 0 Å². The average molecular weight is 329 g/mol. The van der Waals surface area contributed by atoms with Crippen molar-refractivity contribution in [1.82, 2.24) is 5.32 Å². The summed E-state index contributed by atoms with van der Waals surface area (Å²) in [6.07, 6.45) is 0. The molecule has 0 fully saturated rings. The van der Waals surface area contributed by atoms with Gasteiger partial charge in [-0.15, -0.1) is 0 Å². The molecule has 1 rings (SSSR count). The van der Waals surface area contributed by atoms with E-state index in [1.165, 1.54) is 0 Å². The van der Waals surface area contributed by atoms with Gasteiger partial charge in [-0.3, -0.25) is 9.59 Å². The van der Waals surface area contributed by atoms with E-state index < -0.39 is 11.8 Å². The highest BCUT2D eigenvalue weighted by Gasteiger charge is 2.12. The Bertz CT molecular complexity index is 454. The molecule has 0 radical (unpaired) electrons. The number of benzene rings is 1. The molecule has 0 unspecified atom stereocenters. The molecule has 0 aromatic heterocycles. The number of amides is 2. The van der Waals surface area contributed by atoms with Crippen molar-refractivity contribution in [3.63, 3.8) is 0 Å². The Balaban J connectivity index is 2.58. The van der Waals surface area contributed by atoms with Crippen LogP contribution in [0, 0.1) is 14.9 Å². The van der Waals surface area contributed by atoms with Crippen LogP contribution in [0.15, 0.2) is 24.3 Å². The van der Waals surface area contributed by atoms with E-state index >= 15 is 0 Å². The molecular formula is C10H8IN3O2. The lowest BCUT2D eigenvalue weighted by atomic mass is 10.3. The zero-order valence-electron chi connectivity index (χ0n) is 8.16. The van der Waals surface area contributed by atoms with E-state index in [1.807, 2.05) is 6.07 Å². The molecule has 16 heavy (non-hydrogen) atoms. The predicted molar refractivity (Wildman–Crippen MR) is 66.4 cm³/mol. The Hall–Kier alpha value is -1.62. The molecule has 0 aliphatic heterocycles. The number of hydrogen-bond donors (Lipinski definition) is 2. The molecule has 0 spiro atoms. The predicted octanol–water partition coefficient (Wildman–Crippen LogP) is 0.869. The molecule has 0 atom stereocenters. The van der Waals surface area contributed by atoms with Gasteiger partial charge in [0.1, 0.15) is 6.54 Å². The molecule has 0 saturated carbocycles. The van der Waals surface area contributed by atoms with E-state index in [0.29, 0.717) is 5.69 Å². The minimum absolute atomic E-state index is 0.182. The molecule has 5 nitrogen and oxygen atoms in total. The number of anilines is 1. The van der Waals surface area contributed by atoms with Gasteiger partial charge in [0.05, 0.1) is 6.07 Å². The molecule has 6 heteroatoms. The lowest BCUT2D eigenvalue weighted by Gasteiger charge is -2.04. The smallest absolute Gasteiger partial charge is 0.313 e. The number of carbonyl (C=O) groups is 2. The van der Waals surface area contributed by atoms with Crippen LogP contribution in [-0.4, -0.2) is 18.4 Å². The Morgan fingerprint density at radius 3 is 2.75 bits per heavy atom. The Morgan fingerprint density at radius 2 is 2.12 bits per heavy atom. The van der Waals surface area contributed by atoms with E-state index in [2.05, 4.69) is 33.2 Å². The summed E-state index contributed by atoms with van der Waals surface area (Å²) < 4.78 is 0.952. The van der Waals surface area contributed by atoms with Crippen LogP contribution in [0.3, 0.4) is 0 Å². The lowest BCUT2D eigenvalue weighted by Crippen LogP contribution is -2.35. The van der Waals surface area contributed by atoms with Crippen LogP contribution in [0.5, 0.6) is 0 Å². The van der Waals surface area contributed by atoms with Gasteiger partial charge in [-0.05, 0) is 40.8 Å². The Kier molecular flexibility index (Phi) is 4.72. The van der Waals surface area contributed by atoms with Gasteiger partial charge in [0.2, 0.25) is 0 Å². The van der Waals surface area contributed by atoms with Crippen LogP contribution in [0.4, 0.5) is 5.69 Å². The monoisotopic (exact) mass is 329 g/mol. The molecule has 82 valence electrons. The maximum Gasteiger partial charge on any atom is 0.313 e. The van der Waals surface area contributed by atoms with Crippen molar-refractivity contribution >= 4 is 40.1 Å². The summed E-state index contributed by atoms with van der Waals surface area (Å²) in [4.78, 5) is 22.4. The van der Waals surface area contributed by atoms with Crippen LogP contribution in [-0.2, 0) is 9.59 Å². The maximum atomic E-state index is 11.3. The van der Waals surface area contributed by atoms with Gasteiger partial charge in [-0.25, -0.2) is 0 Å². The fraction of sp³-hybridized carbons (Fsp3) is 0.100. The first-order chi connectivity index (χ1) is 7.63. The number of hydrogen-bond acceptors (Lipinski definition) is 3. The Labute approximate surface area is 106 Å². The van der Waals surface area contributed by atoms with Crippen molar-refractivity contribution in [2.75, 3.05) is 11.9 Å². The number of rotatable bonds is 2. The molecule has 1 aromatic rings. The summed E-state index contributed by atoms with van der Waals surface area (Å²) in [6, 6.07) is 8.76. The van der Waals surface area contributed by atoms with Crippen molar-refractivity contribution in [3.8, 4) is 6.07 Å². The first kappa shape index (κ1) is 12.4. The van der Waals surface area contributed by atoms with E-state index in [0.717, 1.165) is 3.57 Å². The normalized spacial score (nSPS) is 9.00. The van der Waals surface area contributed by atoms with E-state index in [-0.39, 0.29) is 6.54 Å². The summed E-state index contributed by atoms with van der Waals surface area (Å²) in [7, 11) is 0. The molecule has 0 saturated heterocycles. The van der Waals surface area contributed by atoms with Crippen molar-refractivity contribution in [3.05, 3.63) is 27.8 Å². The lowest BCUT2D eigenvalue weighted by molar-refractivity contribution is -0.136. The van der Waals surface area contributed by atoms with E-state index in [9.17, 15) is 9.59 Å². The molecule has 0 bridgehead atoms. The summed E-state index contributed by atoms with van der Waals surface area (Å²) in [6.45, 7) is -0.182. The number of halogens is 1. The number of carbonyl (C=O) groups excluding carboxylic acids is 2. The molecule has 0 heterocycles. The third kappa shape index (κ3) is 3.86. The molecule has 0 aliphatic carbocycles. The first-order valence-corrected chi connectivity index (χ1v) is 5.43. The summed E-state index contributed by atoms with van der Waals surface area (Å²) >= 11 is 2.10. The van der Waals surface area contributed by atoms with Crippen LogP contribution in [0.25, 0.3) is 0 Å². The maximum absolute atomic E-state index is 11.3. The fourth-order valence-electron chi connectivity index (χ4n) is 0.954. The molecular weight excluding hydrogens is 321 g/mol. The van der Waals surface area contributed by atoms with Crippen molar-refractivity contribution < 1.29 is 9.59 Å². The highest BCUT2D eigenvalue weighted by Crippen LogP contribution is 2.11. The summed E-state index contributed by atoms with van der Waals surface area (Å²) in [5, 5.41) is 12.8. The highest BCUT2D eigenvalue weighted by molar-refractivity contribution is 14.1. The van der Waals surface area contributed by atoms with Crippen molar-refractivity contribution in [2.24, 2.45) is 0 Å². The zero-order chi connectivity index (χ0) is 12.0. The molecule has 1 aromatic carbocycles. The highest BCUT2D eigenvalue weighted by atomic mass is 127. The largest absolute Gasteiger partial charge is 0.335 e. The number of nitrogens with one attached hydrogen (secondary N) is 2. The van der Waals surface area contributed by atoms with Gasteiger partial charge in [0, 0.05) is 9.26 Å². The van der Waals surface area contributed by atoms with E-state index in [4.69, 9.17) is 5.26 Å². The molecule has 2 amide bonds. The summed E-state index contributed by atoms with van der Waals surface area (Å²) in [5.41, 5.74) is 0.545. The van der Waals surface area contributed by atoms with Crippen molar-refractivity contribution in [1.29, 1.82) is 5.26 Å². The second kappa shape index (κ2) is 6.07. The third-order valence-electron chi connectivity index (χ3n) is 1.62. The second-order valence-corrected chi connectivity index (χ2v) is 4.05. The number of nitriles is 1. The van der Waals surface area contributed by atoms with Crippen LogP contribution < -0.4 is 10.6 Å². The van der Waals surface area contributed by atoms with Gasteiger partial charge in [-0.1, -0.05) is 6.07 Å². The summed E-state index contributed by atoms with van der Waals surface area (Å²) in [5.74, 6) is -1.60. The second-order valence-electron chi connectivity index (χ2n) is 2.81. The molecule has 2 N–H and O–H groups in total. The topological polar surface area (TPSA) is 82.0 Å². The van der Waals surface area contributed by atoms with Gasteiger partial charge in [0.25, 0.3) is 0 Å². The minimum Gasteiger partial charge on any atom is -0.335 e. The van der Waals surface area contributed by atoms with Crippen LogP contribution >= 0.6 is 22.6 Å². The van der Waals surface area contributed by atoms with Crippen LogP contribution in [0.1, 0.15) is 0 Å². The quantitative estimate of drug-likeness (QED) is 0.480. The van der Waals surface area contributed by atoms with Gasteiger partial charge >= 0.3 is 11.8 Å². The van der Waals surface area contributed by atoms with Gasteiger partial charge < -0.3 is 10.6 Å². The first-order valence-electron chi connectivity index (χ1n) is 4.35.